The summed E-state index contributed by atoms with van der Waals surface area (Å²) in [6.45, 7) is 6.03. The van der Waals surface area contributed by atoms with Gasteiger partial charge in [-0.1, -0.05) is 60.1 Å². The third-order valence-corrected chi connectivity index (χ3v) is 7.09. The summed E-state index contributed by atoms with van der Waals surface area (Å²) in [7, 11) is -3.40. The Hall–Kier alpha value is -1.40. The quantitative estimate of drug-likeness (QED) is 0.777. The molecule has 3 rings (SSSR count). The molecule has 1 saturated heterocycles. The predicted octanol–water partition coefficient (Wildman–Crippen LogP) is 3.76. The van der Waals surface area contributed by atoms with Crippen LogP contribution in [0.2, 0.25) is 5.02 Å². The summed E-state index contributed by atoms with van der Waals surface area (Å²) in [5, 5.41) is 0.500. The molecule has 0 spiro atoms. The average Bonchev–Trinajstić information content (AvgIpc) is 2.61. The molecule has 0 saturated carbocycles. The van der Waals surface area contributed by atoms with E-state index in [1.54, 1.807) is 16.4 Å². The molecule has 0 N–H and O–H groups in total. The summed E-state index contributed by atoms with van der Waals surface area (Å²) >= 11 is 6.15. The van der Waals surface area contributed by atoms with E-state index in [0.29, 0.717) is 23.7 Å². The number of halogens is 1. The summed E-state index contributed by atoms with van der Waals surface area (Å²) in [4.78, 5) is 2.37. The van der Waals surface area contributed by atoms with Gasteiger partial charge in [0.1, 0.15) is 0 Å². The van der Waals surface area contributed by atoms with E-state index in [4.69, 9.17) is 11.6 Å². The monoisotopic (exact) mass is 392 g/mol. The van der Waals surface area contributed by atoms with Gasteiger partial charge in [0.05, 0.1) is 5.75 Å². The largest absolute Gasteiger partial charge is 0.291 e. The van der Waals surface area contributed by atoms with Crippen molar-refractivity contribution in [2.24, 2.45) is 0 Å². The van der Waals surface area contributed by atoms with Gasteiger partial charge in [-0.3, -0.25) is 4.90 Å². The zero-order valence-corrected chi connectivity index (χ0v) is 16.7. The van der Waals surface area contributed by atoms with Crippen LogP contribution in [0, 0.1) is 0 Å². The zero-order valence-electron chi connectivity index (χ0n) is 15.2. The van der Waals surface area contributed by atoms with E-state index in [1.165, 1.54) is 5.56 Å². The highest BCUT2D eigenvalue weighted by Gasteiger charge is 2.35. The highest BCUT2D eigenvalue weighted by Crippen LogP contribution is 2.24. The lowest BCUT2D eigenvalue weighted by Crippen LogP contribution is -2.57. The van der Waals surface area contributed by atoms with Crippen LogP contribution in [-0.2, 0) is 22.3 Å². The lowest BCUT2D eigenvalue weighted by molar-refractivity contribution is 0.0698. The molecular formula is C20H25ClN2O2S. The second kappa shape index (κ2) is 8.09. The highest BCUT2D eigenvalue weighted by atomic mass is 35.5. The summed E-state index contributed by atoms with van der Waals surface area (Å²) in [6.07, 6.45) is 0. The van der Waals surface area contributed by atoms with E-state index in [-0.39, 0.29) is 17.8 Å². The molecule has 6 heteroatoms. The smallest absolute Gasteiger partial charge is 0.218 e. The second-order valence-electron chi connectivity index (χ2n) is 7.02. The van der Waals surface area contributed by atoms with Crippen molar-refractivity contribution in [1.29, 1.82) is 0 Å². The van der Waals surface area contributed by atoms with Crippen molar-refractivity contribution < 1.29 is 8.42 Å². The third kappa shape index (κ3) is 4.46. The molecule has 0 amide bonds. The Morgan fingerprint density at radius 3 is 2.15 bits per heavy atom. The van der Waals surface area contributed by atoms with Crippen molar-refractivity contribution in [2.75, 3.05) is 13.1 Å². The Morgan fingerprint density at radius 2 is 1.54 bits per heavy atom. The van der Waals surface area contributed by atoms with Crippen LogP contribution in [0.25, 0.3) is 0 Å². The molecule has 4 nitrogen and oxygen atoms in total. The Morgan fingerprint density at radius 1 is 0.962 bits per heavy atom. The maximum Gasteiger partial charge on any atom is 0.218 e. The van der Waals surface area contributed by atoms with E-state index in [0.717, 1.165) is 6.54 Å². The fourth-order valence-electron chi connectivity index (χ4n) is 3.54. The Labute approximate surface area is 161 Å². The van der Waals surface area contributed by atoms with E-state index in [9.17, 15) is 8.42 Å². The van der Waals surface area contributed by atoms with Crippen LogP contribution in [-0.4, -0.2) is 42.8 Å². The fraction of sp³-hybridized carbons (Fsp3) is 0.400. The van der Waals surface area contributed by atoms with Crippen molar-refractivity contribution in [2.45, 2.75) is 38.2 Å². The summed E-state index contributed by atoms with van der Waals surface area (Å²) in [5.74, 6) is -0.0508. The van der Waals surface area contributed by atoms with Crippen molar-refractivity contribution in [3.63, 3.8) is 0 Å². The Kier molecular flexibility index (Phi) is 6.03. The molecule has 140 valence electrons. The van der Waals surface area contributed by atoms with Crippen LogP contribution in [0.15, 0.2) is 54.6 Å². The van der Waals surface area contributed by atoms with Crippen LogP contribution >= 0.6 is 11.6 Å². The highest BCUT2D eigenvalue weighted by molar-refractivity contribution is 7.88. The SMILES string of the molecule is CC1CN(S(=O)(=O)Cc2ccccc2Cl)CC(C)N1Cc1ccccc1. The summed E-state index contributed by atoms with van der Waals surface area (Å²) < 4.78 is 27.4. The van der Waals surface area contributed by atoms with Gasteiger partial charge >= 0.3 is 0 Å². The van der Waals surface area contributed by atoms with Gasteiger partial charge in [-0.15, -0.1) is 0 Å². The fourth-order valence-corrected chi connectivity index (χ4v) is 5.54. The molecule has 1 aliphatic heterocycles. The average molecular weight is 393 g/mol. The first-order chi connectivity index (χ1) is 12.4. The van der Waals surface area contributed by atoms with Gasteiger partial charge < -0.3 is 0 Å². The molecule has 26 heavy (non-hydrogen) atoms. The first-order valence-electron chi connectivity index (χ1n) is 8.87. The summed E-state index contributed by atoms with van der Waals surface area (Å²) in [6, 6.07) is 17.7. The van der Waals surface area contributed by atoms with Crippen molar-refractivity contribution in [3.05, 3.63) is 70.7 Å². The molecule has 2 aromatic carbocycles. The topological polar surface area (TPSA) is 40.6 Å². The lowest BCUT2D eigenvalue weighted by atomic mass is 10.1. The molecule has 0 aromatic heterocycles. The Bertz CT molecular complexity index is 830. The van der Waals surface area contributed by atoms with Crippen LogP contribution in [0.5, 0.6) is 0 Å². The third-order valence-electron chi connectivity index (χ3n) is 4.97. The van der Waals surface area contributed by atoms with E-state index in [1.807, 2.05) is 30.3 Å². The van der Waals surface area contributed by atoms with Crippen LogP contribution in [0.3, 0.4) is 0 Å². The maximum absolute atomic E-state index is 12.9. The van der Waals surface area contributed by atoms with Gasteiger partial charge in [0, 0.05) is 36.7 Å². The molecule has 2 aromatic rings. The molecule has 2 atom stereocenters. The van der Waals surface area contributed by atoms with E-state index < -0.39 is 10.0 Å². The standard InChI is InChI=1S/C20H25ClN2O2S/c1-16-12-22(26(24,25)15-19-10-6-7-11-20(19)21)13-17(2)23(16)14-18-8-4-3-5-9-18/h3-11,16-17H,12-15H2,1-2H3. The van der Waals surface area contributed by atoms with E-state index in [2.05, 4.69) is 30.9 Å². The normalized spacial score (nSPS) is 22.4. The van der Waals surface area contributed by atoms with E-state index >= 15 is 0 Å². The maximum atomic E-state index is 12.9. The molecule has 0 aliphatic carbocycles. The van der Waals surface area contributed by atoms with Gasteiger partial charge in [-0.25, -0.2) is 8.42 Å². The van der Waals surface area contributed by atoms with Crippen molar-refractivity contribution in [1.82, 2.24) is 9.21 Å². The van der Waals surface area contributed by atoms with Gasteiger partial charge in [-0.05, 0) is 31.0 Å². The zero-order chi connectivity index (χ0) is 18.7. The molecule has 2 unspecified atom stereocenters. The molecule has 1 heterocycles. The van der Waals surface area contributed by atoms with Gasteiger partial charge in [0.2, 0.25) is 10.0 Å². The number of sulfonamides is 1. The minimum absolute atomic E-state index is 0.0508. The minimum atomic E-state index is -3.40. The van der Waals surface area contributed by atoms with Crippen molar-refractivity contribution >= 4 is 21.6 Å². The molecule has 0 radical (unpaired) electrons. The second-order valence-corrected chi connectivity index (χ2v) is 9.40. The van der Waals surface area contributed by atoms with Gasteiger partial charge in [0.25, 0.3) is 0 Å². The summed E-state index contributed by atoms with van der Waals surface area (Å²) in [5.41, 5.74) is 1.90. The van der Waals surface area contributed by atoms with Gasteiger partial charge in [0.15, 0.2) is 0 Å². The predicted molar refractivity (Wildman–Crippen MR) is 107 cm³/mol. The number of rotatable bonds is 5. The van der Waals surface area contributed by atoms with Crippen LogP contribution < -0.4 is 0 Å². The molecule has 1 aliphatic rings. The molecule has 1 fully saturated rings. The number of hydrogen-bond acceptors (Lipinski definition) is 3. The molecular weight excluding hydrogens is 368 g/mol. The van der Waals surface area contributed by atoms with Crippen LogP contribution in [0.4, 0.5) is 0 Å². The first-order valence-corrected chi connectivity index (χ1v) is 10.9. The minimum Gasteiger partial charge on any atom is -0.291 e. The number of hydrogen-bond donors (Lipinski definition) is 0. The van der Waals surface area contributed by atoms with Crippen molar-refractivity contribution in [3.8, 4) is 0 Å². The number of nitrogens with zero attached hydrogens (tertiary/aromatic N) is 2. The van der Waals surface area contributed by atoms with Gasteiger partial charge in [-0.2, -0.15) is 4.31 Å². The number of benzene rings is 2. The Balaban J connectivity index is 1.71. The first kappa shape index (κ1) is 19.4. The molecule has 0 bridgehead atoms. The van der Waals surface area contributed by atoms with Crippen LogP contribution in [0.1, 0.15) is 25.0 Å². The number of piperazine rings is 1. The lowest BCUT2D eigenvalue weighted by Gasteiger charge is -2.43.